The van der Waals surface area contributed by atoms with Crippen LogP contribution in [0.4, 0.5) is 11.4 Å². The number of para-hydroxylation sites is 3. The molecule has 2 aromatic rings. The molecule has 1 saturated heterocycles. The number of anilines is 2. The zero-order valence-electron chi connectivity index (χ0n) is 18.5. The fourth-order valence-electron chi connectivity index (χ4n) is 3.91. The normalized spacial score (nSPS) is 17.5. The van der Waals surface area contributed by atoms with E-state index >= 15 is 0 Å². The number of hydrogen-bond donors (Lipinski definition) is 1. The van der Waals surface area contributed by atoms with Gasteiger partial charge in [-0.1, -0.05) is 24.3 Å². The van der Waals surface area contributed by atoms with Gasteiger partial charge in [-0.05, 0) is 31.2 Å². The Morgan fingerprint density at radius 3 is 2.58 bits per heavy atom. The Balaban J connectivity index is 1.49. The lowest BCUT2D eigenvalue weighted by Crippen LogP contribution is -2.53. The number of hydrogen-bond acceptors (Lipinski definition) is 7. The second-order valence-electron chi connectivity index (χ2n) is 7.71. The first-order valence-corrected chi connectivity index (χ1v) is 11.0. The smallest absolute Gasteiger partial charge is 0.340 e. The highest BCUT2D eigenvalue weighted by Gasteiger charge is 2.34. The predicted molar refractivity (Wildman–Crippen MR) is 121 cm³/mol. The van der Waals surface area contributed by atoms with Gasteiger partial charge in [0.1, 0.15) is 5.75 Å². The first kappa shape index (κ1) is 22.6. The number of benzene rings is 2. The third-order valence-corrected chi connectivity index (χ3v) is 5.49. The van der Waals surface area contributed by atoms with Crippen LogP contribution in [0.2, 0.25) is 0 Å². The zero-order valence-corrected chi connectivity index (χ0v) is 18.5. The van der Waals surface area contributed by atoms with E-state index in [1.807, 2.05) is 23.1 Å². The number of amides is 2. The molecule has 9 heteroatoms. The fourth-order valence-corrected chi connectivity index (χ4v) is 3.91. The number of esters is 1. The molecule has 33 heavy (non-hydrogen) atoms. The molecule has 0 radical (unpaired) electrons. The molecule has 0 bridgehead atoms. The molecule has 174 valence electrons. The van der Waals surface area contributed by atoms with Crippen LogP contribution in [-0.2, 0) is 19.1 Å². The summed E-state index contributed by atoms with van der Waals surface area (Å²) in [7, 11) is 0. The van der Waals surface area contributed by atoms with Gasteiger partial charge in [-0.3, -0.25) is 9.59 Å². The van der Waals surface area contributed by atoms with Crippen molar-refractivity contribution in [3.63, 3.8) is 0 Å². The largest absolute Gasteiger partial charge is 0.477 e. The highest BCUT2D eigenvalue weighted by atomic mass is 16.5. The van der Waals surface area contributed by atoms with Crippen molar-refractivity contribution in [3.05, 3.63) is 54.1 Å². The van der Waals surface area contributed by atoms with E-state index in [1.54, 1.807) is 42.2 Å². The highest BCUT2D eigenvalue weighted by molar-refractivity contribution is 6.02. The van der Waals surface area contributed by atoms with E-state index < -0.39 is 12.1 Å². The second kappa shape index (κ2) is 10.4. The van der Waals surface area contributed by atoms with E-state index in [-0.39, 0.29) is 37.1 Å². The van der Waals surface area contributed by atoms with Gasteiger partial charge in [-0.25, -0.2) is 4.79 Å². The van der Waals surface area contributed by atoms with Crippen LogP contribution in [0.15, 0.2) is 48.5 Å². The number of fused-ring (bicyclic) bond motifs is 1. The summed E-state index contributed by atoms with van der Waals surface area (Å²) in [6.07, 6.45) is -0.724. The number of rotatable bonds is 6. The van der Waals surface area contributed by atoms with Crippen molar-refractivity contribution in [3.8, 4) is 5.75 Å². The molecule has 0 aromatic heterocycles. The van der Waals surface area contributed by atoms with Gasteiger partial charge in [0, 0.05) is 13.1 Å². The average molecular weight is 453 g/mol. The van der Waals surface area contributed by atoms with Gasteiger partial charge >= 0.3 is 5.97 Å². The number of nitrogens with one attached hydrogen (secondary N) is 1. The van der Waals surface area contributed by atoms with Gasteiger partial charge in [0.05, 0.1) is 49.8 Å². The molecule has 2 aliphatic rings. The highest BCUT2D eigenvalue weighted by Crippen LogP contribution is 2.33. The maximum atomic E-state index is 13.0. The lowest BCUT2D eigenvalue weighted by molar-refractivity contribution is -0.142. The lowest BCUT2D eigenvalue weighted by Gasteiger charge is -2.38. The van der Waals surface area contributed by atoms with Crippen LogP contribution in [-0.4, -0.2) is 74.8 Å². The lowest BCUT2D eigenvalue weighted by atomic mass is 10.1. The van der Waals surface area contributed by atoms with Crippen LogP contribution >= 0.6 is 0 Å². The molecule has 0 saturated carbocycles. The summed E-state index contributed by atoms with van der Waals surface area (Å²) in [5, 5.41) is 2.80. The van der Waals surface area contributed by atoms with Crippen molar-refractivity contribution in [2.45, 2.75) is 13.0 Å². The van der Waals surface area contributed by atoms with Gasteiger partial charge in [0.25, 0.3) is 5.91 Å². The van der Waals surface area contributed by atoms with Crippen molar-refractivity contribution in [2.24, 2.45) is 0 Å². The number of nitrogens with zero attached hydrogens (tertiary/aromatic N) is 2. The molecule has 0 aliphatic carbocycles. The molecule has 9 nitrogen and oxygen atoms in total. The van der Waals surface area contributed by atoms with Crippen molar-refractivity contribution >= 4 is 29.2 Å². The third-order valence-electron chi connectivity index (χ3n) is 5.49. The summed E-state index contributed by atoms with van der Waals surface area (Å²) >= 11 is 0. The van der Waals surface area contributed by atoms with Gasteiger partial charge < -0.3 is 29.3 Å². The number of morpholine rings is 1. The maximum absolute atomic E-state index is 13.0. The fraction of sp³-hybridized carbons (Fsp3) is 0.375. The standard InChI is InChI=1S/C24H27N3O6/c1-2-32-24(30)17-7-3-4-8-18(17)25-22(28)16-27-15-21(23(29)26-11-13-31-14-12-26)33-20-10-6-5-9-19(20)27/h3-10,21H,2,11-16H2,1H3,(H,25,28). The Kier molecular flexibility index (Phi) is 7.09. The molecule has 1 unspecified atom stereocenters. The predicted octanol–water partition coefficient (Wildman–Crippen LogP) is 1.93. The van der Waals surface area contributed by atoms with E-state index in [2.05, 4.69) is 5.32 Å². The quantitative estimate of drug-likeness (QED) is 0.668. The second-order valence-corrected chi connectivity index (χ2v) is 7.71. The topological polar surface area (TPSA) is 97.4 Å². The summed E-state index contributed by atoms with van der Waals surface area (Å²) in [6, 6.07) is 14.0. The average Bonchev–Trinajstić information content (AvgIpc) is 2.84. The molecule has 1 atom stereocenters. The monoisotopic (exact) mass is 453 g/mol. The van der Waals surface area contributed by atoms with E-state index in [0.717, 1.165) is 5.69 Å². The molecule has 2 aromatic carbocycles. The van der Waals surface area contributed by atoms with Crippen LogP contribution in [0.1, 0.15) is 17.3 Å². The number of ether oxygens (including phenoxy) is 3. The molecule has 0 spiro atoms. The van der Waals surface area contributed by atoms with Crippen molar-refractivity contribution < 1.29 is 28.6 Å². The summed E-state index contributed by atoms with van der Waals surface area (Å²) < 4.78 is 16.4. The third kappa shape index (κ3) is 5.25. The van der Waals surface area contributed by atoms with Gasteiger partial charge in [0.2, 0.25) is 5.91 Å². The zero-order chi connectivity index (χ0) is 23.2. The first-order valence-electron chi connectivity index (χ1n) is 11.0. The number of carbonyl (C=O) groups excluding carboxylic acids is 3. The number of carbonyl (C=O) groups is 3. The van der Waals surface area contributed by atoms with Gasteiger partial charge in [0.15, 0.2) is 6.10 Å². The molecule has 2 aliphatic heterocycles. The SMILES string of the molecule is CCOC(=O)c1ccccc1NC(=O)CN1CC(C(=O)N2CCOCC2)Oc2ccccc21. The molecular weight excluding hydrogens is 426 g/mol. The Morgan fingerprint density at radius 2 is 1.79 bits per heavy atom. The molecule has 1 fully saturated rings. The van der Waals surface area contributed by atoms with Gasteiger partial charge in [-0.2, -0.15) is 0 Å². The Bertz CT molecular complexity index is 1020. The minimum absolute atomic E-state index is 0.00950. The Labute approximate surface area is 192 Å². The summed E-state index contributed by atoms with van der Waals surface area (Å²) in [4.78, 5) is 41.8. The minimum Gasteiger partial charge on any atom is -0.477 e. The van der Waals surface area contributed by atoms with Crippen molar-refractivity contribution in [2.75, 3.05) is 56.2 Å². The molecular formula is C24H27N3O6. The van der Waals surface area contributed by atoms with E-state index in [9.17, 15) is 14.4 Å². The van der Waals surface area contributed by atoms with Crippen LogP contribution in [0.5, 0.6) is 5.75 Å². The van der Waals surface area contributed by atoms with Crippen molar-refractivity contribution in [1.82, 2.24) is 4.90 Å². The van der Waals surface area contributed by atoms with Crippen LogP contribution in [0.3, 0.4) is 0 Å². The Hall–Kier alpha value is -3.59. The summed E-state index contributed by atoms with van der Waals surface area (Å²) in [5.74, 6) is -0.386. The molecule has 1 N–H and O–H groups in total. The van der Waals surface area contributed by atoms with Crippen LogP contribution in [0.25, 0.3) is 0 Å². The summed E-state index contributed by atoms with van der Waals surface area (Å²) in [5.41, 5.74) is 1.40. The van der Waals surface area contributed by atoms with Crippen molar-refractivity contribution in [1.29, 1.82) is 0 Å². The Morgan fingerprint density at radius 1 is 1.06 bits per heavy atom. The van der Waals surface area contributed by atoms with Crippen LogP contribution < -0.4 is 15.0 Å². The molecule has 2 amide bonds. The molecule has 2 heterocycles. The summed E-state index contributed by atoms with van der Waals surface area (Å²) in [6.45, 7) is 4.23. The molecule has 4 rings (SSSR count). The minimum atomic E-state index is -0.724. The van der Waals surface area contributed by atoms with Crippen LogP contribution in [0, 0.1) is 0 Å². The van der Waals surface area contributed by atoms with E-state index in [4.69, 9.17) is 14.2 Å². The first-order chi connectivity index (χ1) is 16.1. The maximum Gasteiger partial charge on any atom is 0.340 e. The van der Waals surface area contributed by atoms with E-state index in [1.165, 1.54) is 0 Å². The van der Waals surface area contributed by atoms with Gasteiger partial charge in [-0.15, -0.1) is 0 Å². The van der Waals surface area contributed by atoms with E-state index in [0.29, 0.717) is 37.7 Å².